The fraction of sp³-hybridized carbons (Fsp3) is 0.625. The van der Waals surface area contributed by atoms with Crippen molar-refractivity contribution < 1.29 is 9.53 Å². The molecule has 0 aromatic rings. The van der Waals surface area contributed by atoms with E-state index in [2.05, 4.69) is 17.5 Å². The summed E-state index contributed by atoms with van der Waals surface area (Å²) in [5.74, 6) is 1.03. The highest BCUT2D eigenvalue weighted by Gasteiger charge is 2.51. The predicted octanol–water partition coefficient (Wildman–Crippen LogP) is 0.669. The molecule has 0 spiro atoms. The van der Waals surface area contributed by atoms with Crippen LogP contribution in [-0.4, -0.2) is 18.2 Å². The Morgan fingerprint density at radius 2 is 2.27 bits per heavy atom. The van der Waals surface area contributed by atoms with E-state index in [4.69, 9.17) is 4.74 Å². The highest BCUT2D eigenvalue weighted by atomic mass is 16.6. The molecule has 0 radical (unpaired) electrons. The molecule has 3 heteroatoms. The van der Waals surface area contributed by atoms with Gasteiger partial charge in [-0.2, -0.15) is 0 Å². The fourth-order valence-electron chi connectivity index (χ4n) is 2.42. The second kappa shape index (κ2) is 1.60. The Labute approximate surface area is 64.4 Å². The van der Waals surface area contributed by atoms with Crippen LogP contribution in [0.1, 0.15) is 6.42 Å². The second-order valence-corrected chi connectivity index (χ2v) is 3.49. The summed E-state index contributed by atoms with van der Waals surface area (Å²) in [6.45, 7) is 0. The van der Waals surface area contributed by atoms with E-state index in [1.54, 1.807) is 0 Å². The Kier molecular flexibility index (Phi) is 0.819. The molecule has 2 aliphatic carbocycles. The molecule has 2 bridgehead atoms. The Hall–Kier alpha value is -0.990. The molecule has 1 heterocycles. The van der Waals surface area contributed by atoms with Gasteiger partial charge in [0.25, 0.3) is 0 Å². The Morgan fingerprint density at radius 1 is 1.45 bits per heavy atom. The lowest BCUT2D eigenvalue weighted by Gasteiger charge is -2.16. The van der Waals surface area contributed by atoms with Crippen molar-refractivity contribution in [3.63, 3.8) is 0 Å². The van der Waals surface area contributed by atoms with E-state index in [9.17, 15) is 4.79 Å². The van der Waals surface area contributed by atoms with Crippen LogP contribution in [-0.2, 0) is 4.74 Å². The van der Waals surface area contributed by atoms with Crippen molar-refractivity contribution in [2.45, 2.75) is 18.6 Å². The quantitative estimate of drug-likeness (QED) is 0.517. The summed E-state index contributed by atoms with van der Waals surface area (Å²) < 4.78 is 5.12. The number of carbonyl (C=O) groups excluding carboxylic acids is 1. The molecule has 1 N–H and O–H groups in total. The molecule has 4 atom stereocenters. The van der Waals surface area contributed by atoms with Crippen molar-refractivity contribution >= 4 is 6.09 Å². The number of carbonyl (C=O) groups is 1. The number of hydrogen-bond donors (Lipinski definition) is 1. The number of hydrogen-bond acceptors (Lipinski definition) is 2. The van der Waals surface area contributed by atoms with Gasteiger partial charge in [0.1, 0.15) is 6.10 Å². The van der Waals surface area contributed by atoms with Gasteiger partial charge >= 0.3 is 6.09 Å². The first kappa shape index (κ1) is 5.63. The third-order valence-electron chi connectivity index (χ3n) is 2.91. The standard InChI is InChI=1S/C8H9NO2/c10-8-9-6-4-1-2-5(3-4)7(6)11-8/h1-2,4-7H,3H2,(H,9,10)/t4-,5+,6-,7+/m1/s1. The fourth-order valence-corrected chi connectivity index (χ4v) is 2.42. The monoisotopic (exact) mass is 151 g/mol. The minimum atomic E-state index is -0.238. The second-order valence-electron chi connectivity index (χ2n) is 3.49. The maximum atomic E-state index is 10.8. The molecule has 1 amide bonds. The molecule has 11 heavy (non-hydrogen) atoms. The van der Waals surface area contributed by atoms with Gasteiger partial charge in [0.2, 0.25) is 0 Å². The lowest BCUT2D eigenvalue weighted by Crippen LogP contribution is -2.34. The van der Waals surface area contributed by atoms with Crippen LogP contribution in [0, 0.1) is 11.8 Å². The van der Waals surface area contributed by atoms with E-state index >= 15 is 0 Å². The topological polar surface area (TPSA) is 38.3 Å². The van der Waals surface area contributed by atoms with Crippen molar-refractivity contribution in [2.75, 3.05) is 0 Å². The third-order valence-corrected chi connectivity index (χ3v) is 2.91. The molecule has 3 aliphatic rings. The van der Waals surface area contributed by atoms with Crippen LogP contribution in [0.2, 0.25) is 0 Å². The minimum absolute atomic E-state index is 0.137. The SMILES string of the molecule is O=C1N[C@H]2[C@@H](O1)[C@H]1C=C[C@@H]2C1. The van der Waals surface area contributed by atoms with E-state index in [1.807, 2.05) is 0 Å². The highest BCUT2D eigenvalue weighted by molar-refractivity contribution is 5.71. The summed E-state index contributed by atoms with van der Waals surface area (Å²) in [7, 11) is 0. The van der Waals surface area contributed by atoms with Gasteiger partial charge in [0.15, 0.2) is 0 Å². The molecule has 0 aromatic carbocycles. The lowest BCUT2D eigenvalue weighted by molar-refractivity contribution is 0.120. The van der Waals surface area contributed by atoms with E-state index in [1.165, 1.54) is 0 Å². The maximum absolute atomic E-state index is 10.8. The van der Waals surface area contributed by atoms with E-state index in [0.29, 0.717) is 11.8 Å². The zero-order valence-electron chi connectivity index (χ0n) is 5.99. The molecule has 58 valence electrons. The molecule has 2 fully saturated rings. The highest BCUT2D eigenvalue weighted by Crippen LogP contribution is 2.43. The van der Waals surface area contributed by atoms with E-state index in [-0.39, 0.29) is 18.2 Å². The Balaban J connectivity index is 1.97. The van der Waals surface area contributed by atoms with Crippen molar-refractivity contribution in [1.29, 1.82) is 0 Å². The van der Waals surface area contributed by atoms with Gasteiger partial charge in [-0.15, -0.1) is 0 Å². The van der Waals surface area contributed by atoms with E-state index < -0.39 is 0 Å². The van der Waals surface area contributed by atoms with E-state index in [0.717, 1.165) is 6.42 Å². The average molecular weight is 151 g/mol. The largest absolute Gasteiger partial charge is 0.443 e. The molecule has 1 saturated heterocycles. The summed E-state index contributed by atoms with van der Waals surface area (Å²) in [4.78, 5) is 10.8. The molecule has 0 unspecified atom stereocenters. The zero-order chi connectivity index (χ0) is 7.42. The first-order chi connectivity index (χ1) is 5.34. The van der Waals surface area contributed by atoms with Crippen LogP contribution in [0.15, 0.2) is 12.2 Å². The zero-order valence-corrected chi connectivity index (χ0v) is 5.99. The number of fused-ring (bicyclic) bond motifs is 5. The van der Waals surface area contributed by atoms with Gasteiger partial charge in [0, 0.05) is 11.8 Å². The number of alkyl carbamates (subject to hydrolysis) is 1. The molecule has 0 aromatic heterocycles. The van der Waals surface area contributed by atoms with Gasteiger partial charge in [0.05, 0.1) is 6.04 Å². The molecule has 1 saturated carbocycles. The lowest BCUT2D eigenvalue weighted by atomic mass is 10.00. The van der Waals surface area contributed by atoms with Crippen molar-refractivity contribution in [1.82, 2.24) is 5.32 Å². The van der Waals surface area contributed by atoms with Crippen LogP contribution < -0.4 is 5.32 Å². The van der Waals surface area contributed by atoms with Gasteiger partial charge in [-0.25, -0.2) is 4.79 Å². The van der Waals surface area contributed by atoms with Crippen molar-refractivity contribution in [3.8, 4) is 0 Å². The first-order valence-corrected chi connectivity index (χ1v) is 4.00. The van der Waals surface area contributed by atoms with Crippen LogP contribution in [0.25, 0.3) is 0 Å². The summed E-state index contributed by atoms with van der Waals surface area (Å²) in [6.07, 6.45) is 5.43. The predicted molar refractivity (Wildman–Crippen MR) is 37.9 cm³/mol. The first-order valence-electron chi connectivity index (χ1n) is 4.00. The van der Waals surface area contributed by atoms with Crippen LogP contribution in [0.5, 0.6) is 0 Å². The van der Waals surface area contributed by atoms with Crippen LogP contribution in [0.4, 0.5) is 4.79 Å². The summed E-state index contributed by atoms with van der Waals surface area (Å²) >= 11 is 0. The third kappa shape index (κ3) is 0.564. The summed E-state index contributed by atoms with van der Waals surface area (Å²) in [5.41, 5.74) is 0. The summed E-state index contributed by atoms with van der Waals surface area (Å²) in [5, 5.41) is 2.83. The minimum Gasteiger partial charge on any atom is -0.443 e. The van der Waals surface area contributed by atoms with Crippen molar-refractivity contribution in [2.24, 2.45) is 11.8 Å². The average Bonchev–Trinajstić information content (AvgIpc) is 2.53. The van der Waals surface area contributed by atoms with Crippen LogP contribution in [0.3, 0.4) is 0 Å². The Morgan fingerprint density at radius 3 is 3.09 bits per heavy atom. The normalized spacial score (nSPS) is 50.7. The number of ether oxygens (including phenoxy) is 1. The van der Waals surface area contributed by atoms with Gasteiger partial charge in [-0.05, 0) is 6.42 Å². The molecular formula is C8H9NO2. The molecule has 3 nitrogen and oxygen atoms in total. The van der Waals surface area contributed by atoms with Gasteiger partial charge < -0.3 is 10.1 Å². The molecular weight excluding hydrogens is 142 g/mol. The summed E-state index contributed by atoms with van der Waals surface area (Å²) in [6, 6.07) is 0.275. The molecule has 1 aliphatic heterocycles. The smallest absolute Gasteiger partial charge is 0.407 e. The van der Waals surface area contributed by atoms with Gasteiger partial charge in [-0.3, -0.25) is 0 Å². The van der Waals surface area contributed by atoms with Crippen LogP contribution >= 0.6 is 0 Å². The van der Waals surface area contributed by atoms with Gasteiger partial charge in [-0.1, -0.05) is 12.2 Å². The van der Waals surface area contributed by atoms with Crippen molar-refractivity contribution in [3.05, 3.63) is 12.2 Å². The maximum Gasteiger partial charge on any atom is 0.407 e. The molecule has 3 rings (SSSR count). The number of rotatable bonds is 0. The number of amides is 1. The Bertz CT molecular complexity index is 226. The number of nitrogens with one attached hydrogen (secondary N) is 1.